The summed E-state index contributed by atoms with van der Waals surface area (Å²) in [5, 5.41) is 18.8. The Hall–Kier alpha value is -2.85. The lowest BCUT2D eigenvalue weighted by Crippen LogP contribution is -2.14. The standard InChI is InChI=1S/C13H12N6O3S/c1-22-11-7-3-5-9(15-11)8-4-2-6-10(23(14,20)21)12(8)13-16-18-19-17-13/h2-7H,1H3,(H2,14,20,21)(H,16,17,18,19). The third-order valence-electron chi connectivity index (χ3n) is 3.11. The predicted molar refractivity (Wildman–Crippen MR) is 80.8 cm³/mol. The number of aromatic amines is 1. The molecule has 23 heavy (non-hydrogen) atoms. The number of sulfonamides is 1. The first kappa shape index (κ1) is 15.1. The number of tetrazole rings is 1. The molecule has 0 unspecified atom stereocenters. The van der Waals surface area contributed by atoms with Gasteiger partial charge in [-0.15, -0.1) is 10.2 Å². The summed E-state index contributed by atoms with van der Waals surface area (Å²) in [6.45, 7) is 0. The van der Waals surface area contributed by atoms with E-state index in [-0.39, 0.29) is 16.3 Å². The molecule has 1 aromatic carbocycles. The van der Waals surface area contributed by atoms with Gasteiger partial charge in [0.2, 0.25) is 21.7 Å². The number of ether oxygens (including phenoxy) is 1. The van der Waals surface area contributed by atoms with Crippen LogP contribution in [-0.4, -0.2) is 41.1 Å². The number of hydrogen-bond acceptors (Lipinski definition) is 7. The van der Waals surface area contributed by atoms with Gasteiger partial charge in [0.05, 0.1) is 23.3 Å². The Morgan fingerprint density at radius 3 is 2.61 bits per heavy atom. The molecule has 2 aromatic heterocycles. The van der Waals surface area contributed by atoms with Crippen LogP contribution < -0.4 is 9.88 Å². The first-order valence-corrected chi connectivity index (χ1v) is 7.96. The van der Waals surface area contributed by atoms with Gasteiger partial charge in [0, 0.05) is 11.6 Å². The quantitative estimate of drug-likeness (QED) is 0.713. The Bertz CT molecular complexity index is 940. The predicted octanol–water partition coefficient (Wildman–Crippen LogP) is 0.585. The van der Waals surface area contributed by atoms with E-state index in [4.69, 9.17) is 9.88 Å². The fourth-order valence-electron chi connectivity index (χ4n) is 2.16. The van der Waals surface area contributed by atoms with Gasteiger partial charge in [-0.05, 0) is 17.3 Å². The van der Waals surface area contributed by atoms with E-state index in [2.05, 4.69) is 25.6 Å². The molecule has 0 atom stereocenters. The second-order valence-corrected chi connectivity index (χ2v) is 6.05. The molecule has 0 saturated heterocycles. The van der Waals surface area contributed by atoms with Crippen molar-refractivity contribution in [3.05, 3.63) is 36.4 Å². The van der Waals surface area contributed by atoms with Gasteiger partial charge < -0.3 is 4.74 Å². The van der Waals surface area contributed by atoms with Gasteiger partial charge in [0.25, 0.3) is 0 Å². The summed E-state index contributed by atoms with van der Waals surface area (Å²) in [5.41, 5.74) is 1.22. The Labute approximate surface area is 131 Å². The molecule has 0 amide bonds. The molecule has 0 saturated carbocycles. The lowest BCUT2D eigenvalue weighted by Gasteiger charge is -2.11. The van der Waals surface area contributed by atoms with Crippen molar-refractivity contribution in [1.82, 2.24) is 25.6 Å². The third-order valence-corrected chi connectivity index (χ3v) is 4.06. The summed E-state index contributed by atoms with van der Waals surface area (Å²) in [6, 6.07) is 9.78. The van der Waals surface area contributed by atoms with Crippen molar-refractivity contribution in [2.45, 2.75) is 4.90 Å². The lowest BCUT2D eigenvalue weighted by molar-refractivity contribution is 0.398. The number of primary sulfonamides is 1. The molecule has 118 valence electrons. The minimum atomic E-state index is -3.99. The highest BCUT2D eigenvalue weighted by atomic mass is 32.2. The monoisotopic (exact) mass is 332 g/mol. The molecule has 0 spiro atoms. The molecule has 9 nitrogen and oxygen atoms in total. The van der Waals surface area contributed by atoms with Gasteiger partial charge in [-0.25, -0.2) is 18.5 Å². The Balaban J connectivity index is 2.33. The molecule has 0 aliphatic rings. The van der Waals surface area contributed by atoms with Crippen molar-refractivity contribution in [1.29, 1.82) is 0 Å². The number of pyridine rings is 1. The topological polar surface area (TPSA) is 137 Å². The molecule has 2 heterocycles. The molecule has 3 rings (SSSR count). The van der Waals surface area contributed by atoms with Gasteiger partial charge in [-0.3, -0.25) is 0 Å². The van der Waals surface area contributed by atoms with Crippen LogP contribution in [-0.2, 0) is 10.0 Å². The Morgan fingerprint density at radius 2 is 1.96 bits per heavy atom. The molecule has 0 fully saturated rings. The molecular formula is C13H12N6O3S. The van der Waals surface area contributed by atoms with E-state index in [9.17, 15) is 8.42 Å². The molecular weight excluding hydrogens is 320 g/mol. The first-order chi connectivity index (χ1) is 11.0. The Morgan fingerprint density at radius 1 is 1.17 bits per heavy atom. The van der Waals surface area contributed by atoms with Crippen LogP contribution in [0.5, 0.6) is 5.88 Å². The molecule has 3 N–H and O–H groups in total. The van der Waals surface area contributed by atoms with E-state index < -0.39 is 10.0 Å². The molecule has 3 aromatic rings. The molecule has 0 aliphatic carbocycles. The number of H-pyrrole nitrogens is 1. The van der Waals surface area contributed by atoms with Crippen molar-refractivity contribution in [3.8, 4) is 28.5 Å². The summed E-state index contributed by atoms with van der Waals surface area (Å²) in [7, 11) is -2.49. The van der Waals surface area contributed by atoms with E-state index >= 15 is 0 Å². The van der Waals surface area contributed by atoms with Gasteiger partial charge in [-0.1, -0.05) is 18.2 Å². The maximum absolute atomic E-state index is 11.9. The first-order valence-electron chi connectivity index (χ1n) is 6.42. The van der Waals surface area contributed by atoms with E-state index in [1.807, 2.05) is 0 Å². The van der Waals surface area contributed by atoms with E-state index in [1.165, 1.54) is 13.2 Å². The zero-order valence-corrected chi connectivity index (χ0v) is 12.8. The summed E-state index contributed by atoms with van der Waals surface area (Å²) >= 11 is 0. The van der Waals surface area contributed by atoms with Crippen molar-refractivity contribution < 1.29 is 13.2 Å². The highest BCUT2D eigenvalue weighted by Crippen LogP contribution is 2.34. The van der Waals surface area contributed by atoms with Crippen LogP contribution in [0.15, 0.2) is 41.3 Å². The van der Waals surface area contributed by atoms with Gasteiger partial charge in [-0.2, -0.15) is 5.21 Å². The zero-order valence-electron chi connectivity index (χ0n) is 12.0. The number of rotatable bonds is 4. The summed E-state index contributed by atoms with van der Waals surface area (Å²) < 4.78 is 28.9. The maximum atomic E-state index is 11.9. The van der Waals surface area contributed by atoms with E-state index in [0.29, 0.717) is 17.1 Å². The number of nitrogens with two attached hydrogens (primary N) is 1. The smallest absolute Gasteiger partial charge is 0.238 e. The van der Waals surface area contributed by atoms with E-state index in [1.54, 1.807) is 30.3 Å². The molecule has 10 heteroatoms. The second kappa shape index (κ2) is 5.74. The Kier molecular flexibility index (Phi) is 3.76. The van der Waals surface area contributed by atoms with Crippen LogP contribution in [0.1, 0.15) is 0 Å². The highest BCUT2D eigenvalue weighted by molar-refractivity contribution is 7.89. The number of aromatic nitrogens is 5. The maximum Gasteiger partial charge on any atom is 0.238 e. The fraction of sp³-hybridized carbons (Fsp3) is 0.0769. The summed E-state index contributed by atoms with van der Waals surface area (Å²) in [4.78, 5) is 4.20. The van der Waals surface area contributed by atoms with Crippen molar-refractivity contribution in [3.63, 3.8) is 0 Å². The largest absolute Gasteiger partial charge is 0.481 e. The summed E-state index contributed by atoms with van der Waals surface area (Å²) in [5.74, 6) is 0.497. The van der Waals surface area contributed by atoms with Gasteiger partial charge >= 0.3 is 0 Å². The van der Waals surface area contributed by atoms with Crippen LogP contribution >= 0.6 is 0 Å². The fourth-order valence-corrected chi connectivity index (χ4v) is 2.91. The van der Waals surface area contributed by atoms with Crippen LogP contribution in [0.4, 0.5) is 0 Å². The van der Waals surface area contributed by atoms with Crippen LogP contribution in [0.2, 0.25) is 0 Å². The molecule has 0 aliphatic heterocycles. The number of methoxy groups -OCH3 is 1. The second-order valence-electron chi connectivity index (χ2n) is 4.52. The number of hydrogen-bond donors (Lipinski definition) is 2. The lowest BCUT2D eigenvalue weighted by atomic mass is 10.0. The van der Waals surface area contributed by atoms with Crippen LogP contribution in [0, 0.1) is 0 Å². The molecule has 0 radical (unpaired) electrons. The molecule has 0 bridgehead atoms. The minimum absolute atomic E-state index is 0.106. The summed E-state index contributed by atoms with van der Waals surface area (Å²) in [6.07, 6.45) is 0. The van der Waals surface area contributed by atoms with Crippen molar-refractivity contribution in [2.24, 2.45) is 5.14 Å². The third kappa shape index (κ3) is 2.89. The number of nitrogens with one attached hydrogen (secondary N) is 1. The average Bonchev–Trinajstić information content (AvgIpc) is 3.07. The minimum Gasteiger partial charge on any atom is -0.481 e. The van der Waals surface area contributed by atoms with E-state index in [0.717, 1.165) is 0 Å². The van der Waals surface area contributed by atoms with Gasteiger partial charge in [0.1, 0.15) is 0 Å². The highest BCUT2D eigenvalue weighted by Gasteiger charge is 2.23. The SMILES string of the molecule is COc1cccc(-c2cccc(S(N)(=O)=O)c2-c2nn[nH]n2)n1. The van der Waals surface area contributed by atoms with Crippen molar-refractivity contribution >= 4 is 10.0 Å². The normalized spacial score (nSPS) is 11.4. The average molecular weight is 332 g/mol. The van der Waals surface area contributed by atoms with Crippen LogP contribution in [0.3, 0.4) is 0 Å². The van der Waals surface area contributed by atoms with Crippen molar-refractivity contribution in [2.75, 3.05) is 7.11 Å². The van der Waals surface area contributed by atoms with Crippen LogP contribution in [0.25, 0.3) is 22.6 Å². The van der Waals surface area contributed by atoms with Gasteiger partial charge in [0.15, 0.2) is 0 Å². The zero-order chi connectivity index (χ0) is 16.4. The number of nitrogens with zero attached hydrogens (tertiary/aromatic N) is 4. The number of benzene rings is 1.